The third-order valence-electron chi connectivity index (χ3n) is 8.52. The van der Waals surface area contributed by atoms with Gasteiger partial charge in [0.25, 0.3) is 0 Å². The van der Waals surface area contributed by atoms with E-state index in [4.69, 9.17) is 0 Å². The standard InChI is InChI=1S/C27H45/c1-8-15-27(18-22(27)11-10-20(5)9-2)21-12-13-25-24(17-21)23(19(3)4)14-16-26(25,6)7/h12-13,17,19-23H,8-11,14-16,18H2,1-7H3/t20?,21?,22?,23-,27?/m0/s1. The van der Waals surface area contributed by atoms with E-state index < -0.39 is 0 Å². The van der Waals surface area contributed by atoms with E-state index in [-0.39, 0.29) is 0 Å². The van der Waals surface area contributed by atoms with Crippen molar-refractivity contribution in [2.24, 2.45) is 40.4 Å². The van der Waals surface area contributed by atoms with Gasteiger partial charge in [0.15, 0.2) is 0 Å². The van der Waals surface area contributed by atoms with Crippen LogP contribution in [0.3, 0.4) is 0 Å². The van der Waals surface area contributed by atoms with E-state index >= 15 is 0 Å². The molecule has 1 fully saturated rings. The Morgan fingerprint density at radius 2 is 1.89 bits per heavy atom. The summed E-state index contributed by atoms with van der Waals surface area (Å²) in [5, 5.41) is 0. The summed E-state index contributed by atoms with van der Waals surface area (Å²) in [6.07, 6.45) is 19.1. The van der Waals surface area contributed by atoms with Gasteiger partial charge in [0, 0.05) is 0 Å². The second-order valence-electron chi connectivity index (χ2n) is 11.2. The van der Waals surface area contributed by atoms with Gasteiger partial charge in [-0.15, -0.1) is 0 Å². The molecular weight excluding hydrogens is 324 g/mol. The fraction of sp³-hybridized carbons (Fsp3) is 0.815. The molecule has 153 valence electrons. The van der Waals surface area contributed by atoms with Crippen LogP contribution in [0.1, 0.15) is 99.8 Å². The maximum atomic E-state index is 2.76. The minimum absolute atomic E-state index is 0.357. The highest BCUT2D eigenvalue weighted by molar-refractivity contribution is 5.45. The van der Waals surface area contributed by atoms with E-state index in [9.17, 15) is 0 Å². The van der Waals surface area contributed by atoms with Gasteiger partial charge in [0.1, 0.15) is 0 Å². The highest BCUT2D eigenvalue weighted by Crippen LogP contribution is 2.66. The van der Waals surface area contributed by atoms with Crippen LogP contribution < -0.4 is 0 Å². The Morgan fingerprint density at radius 3 is 2.52 bits per heavy atom. The molecule has 5 atom stereocenters. The molecule has 0 amide bonds. The second-order valence-corrected chi connectivity index (χ2v) is 11.2. The zero-order chi connectivity index (χ0) is 19.8. The molecule has 4 unspecified atom stereocenters. The Bertz CT molecular complexity index is 575. The Labute approximate surface area is 170 Å². The van der Waals surface area contributed by atoms with Crippen molar-refractivity contribution in [3.8, 4) is 0 Å². The van der Waals surface area contributed by atoms with Crippen LogP contribution in [-0.4, -0.2) is 0 Å². The van der Waals surface area contributed by atoms with Crippen LogP contribution in [0.15, 0.2) is 23.3 Å². The first kappa shape index (κ1) is 21.2. The lowest BCUT2D eigenvalue weighted by Crippen LogP contribution is -2.32. The van der Waals surface area contributed by atoms with E-state index in [0.29, 0.717) is 16.7 Å². The molecule has 1 saturated carbocycles. The van der Waals surface area contributed by atoms with Gasteiger partial charge in [-0.2, -0.15) is 0 Å². The monoisotopic (exact) mass is 369 g/mol. The summed E-state index contributed by atoms with van der Waals surface area (Å²) in [4.78, 5) is 0. The zero-order valence-electron chi connectivity index (χ0n) is 19.3. The first-order valence-corrected chi connectivity index (χ1v) is 12.0. The lowest BCUT2D eigenvalue weighted by Gasteiger charge is -2.44. The van der Waals surface area contributed by atoms with Gasteiger partial charge in [-0.25, -0.2) is 0 Å². The SMILES string of the molecule is CCCC1(C2[CH]C3=C(C=C2)C(C)(C)CC[C@H]3C(C)C)CC1CCC(C)CC. The largest absolute Gasteiger partial charge is 0.0799 e. The van der Waals surface area contributed by atoms with Crippen LogP contribution in [0.5, 0.6) is 0 Å². The smallest absolute Gasteiger partial charge is 0.00540 e. The van der Waals surface area contributed by atoms with Crippen molar-refractivity contribution >= 4 is 0 Å². The zero-order valence-corrected chi connectivity index (χ0v) is 19.3. The average molecular weight is 370 g/mol. The lowest BCUT2D eigenvalue weighted by molar-refractivity contribution is 0.268. The van der Waals surface area contributed by atoms with Crippen LogP contribution in [0.2, 0.25) is 0 Å². The molecule has 0 spiro atoms. The van der Waals surface area contributed by atoms with E-state index in [0.717, 1.165) is 23.7 Å². The van der Waals surface area contributed by atoms with E-state index in [1.54, 1.807) is 11.1 Å². The van der Waals surface area contributed by atoms with Crippen molar-refractivity contribution < 1.29 is 0 Å². The van der Waals surface area contributed by atoms with Crippen LogP contribution in [0, 0.1) is 46.8 Å². The molecule has 0 aromatic heterocycles. The molecule has 0 nitrogen and oxygen atoms in total. The van der Waals surface area contributed by atoms with Crippen molar-refractivity contribution in [2.75, 3.05) is 0 Å². The predicted molar refractivity (Wildman–Crippen MR) is 119 cm³/mol. The summed E-state index contributed by atoms with van der Waals surface area (Å²) >= 11 is 0. The third-order valence-corrected chi connectivity index (χ3v) is 8.52. The van der Waals surface area contributed by atoms with Gasteiger partial charge >= 0.3 is 0 Å². The van der Waals surface area contributed by atoms with Crippen LogP contribution in [-0.2, 0) is 0 Å². The first-order valence-electron chi connectivity index (χ1n) is 12.0. The number of rotatable bonds is 8. The Balaban J connectivity index is 1.78. The summed E-state index contributed by atoms with van der Waals surface area (Å²) < 4.78 is 0. The van der Waals surface area contributed by atoms with E-state index in [2.05, 4.69) is 67.0 Å². The summed E-state index contributed by atoms with van der Waals surface area (Å²) in [6, 6.07) is 0. The van der Waals surface area contributed by atoms with Gasteiger partial charge in [-0.05, 0) is 84.5 Å². The predicted octanol–water partition coefficient (Wildman–Crippen LogP) is 8.40. The Hall–Kier alpha value is -0.520. The topological polar surface area (TPSA) is 0 Å². The van der Waals surface area contributed by atoms with Gasteiger partial charge in [-0.3, -0.25) is 0 Å². The molecule has 3 aliphatic carbocycles. The fourth-order valence-electron chi connectivity index (χ4n) is 6.26. The maximum Gasteiger partial charge on any atom is -0.00540 e. The van der Waals surface area contributed by atoms with Gasteiger partial charge in [-0.1, -0.05) is 85.5 Å². The van der Waals surface area contributed by atoms with Gasteiger partial charge < -0.3 is 0 Å². The minimum Gasteiger partial charge on any atom is -0.0799 e. The summed E-state index contributed by atoms with van der Waals surface area (Å²) in [7, 11) is 0. The highest BCUT2D eigenvalue weighted by Gasteiger charge is 2.57. The maximum absolute atomic E-state index is 2.76. The highest BCUT2D eigenvalue weighted by atomic mass is 14.6. The average Bonchev–Trinajstić information content (AvgIpc) is 3.33. The van der Waals surface area contributed by atoms with Crippen LogP contribution in [0.4, 0.5) is 0 Å². The van der Waals surface area contributed by atoms with E-state index in [1.807, 2.05) is 0 Å². The van der Waals surface area contributed by atoms with E-state index in [1.165, 1.54) is 51.4 Å². The normalized spacial score (nSPS) is 36.1. The molecule has 27 heavy (non-hydrogen) atoms. The molecule has 1 radical (unpaired) electrons. The molecule has 3 rings (SSSR count). The summed E-state index contributed by atoms with van der Waals surface area (Å²) in [6.45, 7) is 17.0. The molecule has 0 aliphatic heterocycles. The number of allylic oxidation sites excluding steroid dienone is 4. The molecule has 0 heteroatoms. The van der Waals surface area contributed by atoms with Crippen molar-refractivity contribution in [1.82, 2.24) is 0 Å². The first-order chi connectivity index (χ1) is 12.7. The van der Waals surface area contributed by atoms with Crippen LogP contribution in [0.25, 0.3) is 0 Å². The summed E-state index contributed by atoms with van der Waals surface area (Å²) in [5.74, 6) is 4.09. The molecule has 0 N–H and O–H groups in total. The Morgan fingerprint density at radius 1 is 1.15 bits per heavy atom. The molecule has 0 aromatic carbocycles. The number of hydrogen-bond donors (Lipinski definition) is 0. The fourth-order valence-corrected chi connectivity index (χ4v) is 6.26. The Kier molecular flexibility index (Phi) is 6.34. The van der Waals surface area contributed by atoms with Gasteiger partial charge in [0.05, 0.1) is 0 Å². The molecule has 3 aliphatic rings. The number of hydrogen-bond acceptors (Lipinski definition) is 0. The van der Waals surface area contributed by atoms with Crippen molar-refractivity contribution in [2.45, 2.75) is 99.8 Å². The van der Waals surface area contributed by atoms with Crippen LogP contribution >= 0.6 is 0 Å². The van der Waals surface area contributed by atoms with Crippen molar-refractivity contribution in [3.05, 3.63) is 29.7 Å². The molecule has 0 heterocycles. The second kappa shape index (κ2) is 8.08. The minimum atomic E-state index is 0.357. The van der Waals surface area contributed by atoms with Crippen molar-refractivity contribution in [1.29, 1.82) is 0 Å². The molecular formula is C27H45. The molecule has 0 saturated heterocycles. The third kappa shape index (κ3) is 4.11. The molecule has 0 bridgehead atoms. The lowest BCUT2D eigenvalue weighted by atomic mass is 9.61. The van der Waals surface area contributed by atoms with Gasteiger partial charge in [0.2, 0.25) is 0 Å². The quantitative estimate of drug-likeness (QED) is 0.403. The molecule has 0 aromatic rings. The summed E-state index contributed by atoms with van der Waals surface area (Å²) in [5.41, 5.74) is 4.33. The van der Waals surface area contributed by atoms with Crippen molar-refractivity contribution in [3.63, 3.8) is 0 Å².